The third kappa shape index (κ3) is 3.61. The van der Waals surface area contributed by atoms with Gasteiger partial charge in [-0.2, -0.15) is 0 Å². The Morgan fingerprint density at radius 2 is 1.91 bits per heavy atom. The van der Waals surface area contributed by atoms with E-state index in [9.17, 15) is 24.2 Å². The van der Waals surface area contributed by atoms with Crippen LogP contribution in [0.1, 0.15) is 30.1 Å². The summed E-state index contributed by atoms with van der Waals surface area (Å²) in [5.41, 5.74) is 1.11. The van der Waals surface area contributed by atoms with Crippen LogP contribution in [0.3, 0.4) is 0 Å². The fraction of sp³-hybridized carbons (Fsp3) is 0.208. The Morgan fingerprint density at radius 3 is 2.62 bits per heavy atom. The molecule has 0 spiro atoms. The average molecular weight is 500 g/mol. The van der Waals surface area contributed by atoms with Crippen molar-refractivity contribution in [2.45, 2.75) is 25.8 Å². The standard InChI is InChI=1S/C24H19ClFN3O4S/c1-12(30)28-10-2-3-17(28)21(31)19-20(13-4-6-14(25)7-5-13)29(23(33)22(19)32)24-27-16-9-8-15(26)11-18(16)34-24/h4-9,11,17,32-33H,2-3,10H2,1H3. The molecule has 1 unspecified atom stereocenters. The average Bonchev–Trinajstić information content (AvgIpc) is 3.50. The number of nitrogens with zero attached hydrogens (tertiary/aromatic N) is 3. The first-order chi connectivity index (χ1) is 16.3. The summed E-state index contributed by atoms with van der Waals surface area (Å²) in [7, 11) is 0. The Labute approximate surface area is 202 Å². The van der Waals surface area contributed by atoms with Gasteiger partial charge in [0.2, 0.25) is 11.8 Å². The minimum absolute atomic E-state index is 0.108. The second-order valence-electron chi connectivity index (χ2n) is 8.08. The molecule has 1 fully saturated rings. The van der Waals surface area contributed by atoms with Crippen LogP contribution in [0.15, 0.2) is 42.5 Å². The molecular weight excluding hydrogens is 481 g/mol. The van der Waals surface area contributed by atoms with Crippen molar-refractivity contribution in [2.75, 3.05) is 6.54 Å². The van der Waals surface area contributed by atoms with Crippen molar-refractivity contribution in [3.63, 3.8) is 0 Å². The summed E-state index contributed by atoms with van der Waals surface area (Å²) < 4.78 is 15.6. The predicted molar refractivity (Wildman–Crippen MR) is 127 cm³/mol. The lowest BCUT2D eigenvalue weighted by atomic mass is 9.98. The number of hydrogen-bond donors (Lipinski definition) is 2. The summed E-state index contributed by atoms with van der Waals surface area (Å²) in [4.78, 5) is 31.7. The van der Waals surface area contributed by atoms with Crippen molar-refractivity contribution in [2.24, 2.45) is 0 Å². The molecule has 7 nitrogen and oxygen atoms in total. The highest BCUT2D eigenvalue weighted by molar-refractivity contribution is 7.20. The lowest BCUT2D eigenvalue weighted by Crippen LogP contribution is -2.39. The Bertz CT molecular complexity index is 1450. The first-order valence-corrected chi connectivity index (χ1v) is 11.8. The van der Waals surface area contributed by atoms with Gasteiger partial charge in [-0.05, 0) is 48.7 Å². The molecule has 1 amide bonds. The van der Waals surface area contributed by atoms with Crippen molar-refractivity contribution < 1.29 is 24.2 Å². The van der Waals surface area contributed by atoms with Crippen LogP contribution in [0.4, 0.5) is 4.39 Å². The maximum Gasteiger partial charge on any atom is 0.242 e. The number of aromatic nitrogens is 2. The molecule has 10 heteroatoms. The summed E-state index contributed by atoms with van der Waals surface area (Å²) in [5.74, 6) is -2.31. The van der Waals surface area contributed by atoms with E-state index in [-0.39, 0.29) is 22.3 Å². The molecule has 1 aliphatic rings. The van der Waals surface area contributed by atoms with E-state index >= 15 is 0 Å². The minimum Gasteiger partial charge on any atom is -0.503 e. The number of benzene rings is 2. The summed E-state index contributed by atoms with van der Waals surface area (Å²) >= 11 is 7.16. The number of Topliss-reactive ketones (excluding diaryl/α,β-unsaturated/α-hetero) is 1. The molecule has 2 N–H and O–H groups in total. The number of rotatable bonds is 4. The van der Waals surface area contributed by atoms with Crippen molar-refractivity contribution in [1.82, 2.24) is 14.5 Å². The summed E-state index contributed by atoms with van der Waals surface area (Å²) in [6.07, 6.45) is 1.10. The van der Waals surface area contributed by atoms with Gasteiger partial charge < -0.3 is 15.1 Å². The summed E-state index contributed by atoms with van der Waals surface area (Å²) in [6, 6.07) is 9.95. The van der Waals surface area contributed by atoms with Gasteiger partial charge in [-0.25, -0.2) is 9.37 Å². The number of hydrogen-bond acceptors (Lipinski definition) is 6. The van der Waals surface area contributed by atoms with Gasteiger partial charge in [-0.1, -0.05) is 35.1 Å². The van der Waals surface area contributed by atoms with E-state index in [2.05, 4.69) is 4.98 Å². The molecule has 0 aliphatic carbocycles. The third-order valence-electron chi connectivity index (χ3n) is 5.98. The van der Waals surface area contributed by atoms with Crippen molar-refractivity contribution in [3.05, 3.63) is 58.9 Å². The van der Waals surface area contributed by atoms with Crippen LogP contribution in [-0.2, 0) is 4.79 Å². The molecule has 34 heavy (non-hydrogen) atoms. The molecule has 5 rings (SSSR count). The van der Waals surface area contributed by atoms with Crippen LogP contribution >= 0.6 is 22.9 Å². The number of aromatic hydroxyl groups is 2. The highest BCUT2D eigenvalue weighted by atomic mass is 35.5. The van der Waals surface area contributed by atoms with Crippen LogP contribution in [-0.4, -0.2) is 48.9 Å². The van der Waals surface area contributed by atoms with E-state index in [1.807, 2.05) is 0 Å². The maximum absolute atomic E-state index is 13.8. The Balaban J connectivity index is 1.76. The normalized spacial score (nSPS) is 15.9. The van der Waals surface area contributed by atoms with Crippen molar-refractivity contribution in [3.8, 4) is 28.0 Å². The SMILES string of the molecule is CC(=O)N1CCCC1C(=O)c1c(O)c(O)n(-c2nc3ccc(F)cc3s2)c1-c1ccc(Cl)cc1. The van der Waals surface area contributed by atoms with Gasteiger partial charge in [0.05, 0.1) is 27.5 Å². The second-order valence-corrected chi connectivity index (χ2v) is 9.53. The van der Waals surface area contributed by atoms with E-state index < -0.39 is 29.3 Å². The zero-order chi connectivity index (χ0) is 24.1. The van der Waals surface area contributed by atoms with Crippen LogP contribution in [0.2, 0.25) is 5.02 Å². The van der Waals surface area contributed by atoms with E-state index in [4.69, 9.17) is 11.6 Å². The number of likely N-dealkylation sites (tertiary alicyclic amines) is 1. The molecule has 1 atom stereocenters. The van der Waals surface area contributed by atoms with E-state index in [0.717, 1.165) is 11.3 Å². The lowest BCUT2D eigenvalue weighted by molar-refractivity contribution is -0.128. The number of amides is 1. The molecule has 0 radical (unpaired) electrons. The van der Waals surface area contributed by atoms with E-state index in [1.165, 1.54) is 34.6 Å². The Kier molecular flexibility index (Phi) is 5.53. The minimum atomic E-state index is -0.755. The molecule has 4 aromatic rings. The molecule has 2 aromatic carbocycles. The number of ketones is 1. The van der Waals surface area contributed by atoms with Crippen LogP contribution in [0.5, 0.6) is 11.6 Å². The quantitative estimate of drug-likeness (QED) is 0.378. The number of halogens is 2. The van der Waals surface area contributed by atoms with Crippen LogP contribution in [0, 0.1) is 5.82 Å². The Hall–Kier alpha value is -3.43. The van der Waals surface area contributed by atoms with Gasteiger partial charge in [-0.15, -0.1) is 0 Å². The highest BCUT2D eigenvalue weighted by Gasteiger charge is 2.39. The fourth-order valence-electron chi connectivity index (χ4n) is 4.41. The lowest BCUT2D eigenvalue weighted by Gasteiger charge is -2.22. The fourth-order valence-corrected chi connectivity index (χ4v) is 5.54. The molecule has 1 aliphatic heterocycles. The first-order valence-electron chi connectivity index (χ1n) is 10.6. The number of thiazole rings is 1. The van der Waals surface area contributed by atoms with E-state index in [0.29, 0.717) is 40.2 Å². The largest absolute Gasteiger partial charge is 0.503 e. The van der Waals surface area contributed by atoms with Gasteiger partial charge >= 0.3 is 0 Å². The highest BCUT2D eigenvalue weighted by Crippen LogP contribution is 2.45. The third-order valence-corrected chi connectivity index (χ3v) is 7.23. The first kappa shape index (κ1) is 22.4. The van der Waals surface area contributed by atoms with Crippen LogP contribution < -0.4 is 0 Å². The number of fused-ring (bicyclic) bond motifs is 1. The second kappa shape index (κ2) is 8.41. The molecule has 0 bridgehead atoms. The molecule has 2 aromatic heterocycles. The summed E-state index contributed by atoms with van der Waals surface area (Å²) in [5, 5.41) is 22.6. The van der Waals surface area contributed by atoms with Gasteiger partial charge in [0.15, 0.2) is 16.7 Å². The molecule has 3 heterocycles. The smallest absolute Gasteiger partial charge is 0.242 e. The number of carbonyl (C=O) groups excluding carboxylic acids is 2. The van der Waals surface area contributed by atoms with Gasteiger partial charge in [0, 0.05) is 18.5 Å². The summed E-state index contributed by atoms with van der Waals surface area (Å²) in [6.45, 7) is 1.84. The van der Waals surface area contributed by atoms with Crippen molar-refractivity contribution >= 4 is 44.8 Å². The van der Waals surface area contributed by atoms with Crippen LogP contribution in [0.25, 0.3) is 26.6 Å². The van der Waals surface area contributed by atoms with Gasteiger partial charge in [0.25, 0.3) is 0 Å². The zero-order valence-electron chi connectivity index (χ0n) is 18.0. The van der Waals surface area contributed by atoms with Gasteiger partial charge in [0.1, 0.15) is 5.82 Å². The monoisotopic (exact) mass is 499 g/mol. The molecular formula is C24H19ClFN3O4S. The Morgan fingerprint density at radius 1 is 1.18 bits per heavy atom. The maximum atomic E-state index is 13.8. The predicted octanol–water partition coefficient (Wildman–Crippen LogP) is 5.15. The van der Waals surface area contributed by atoms with Crippen molar-refractivity contribution in [1.29, 1.82) is 0 Å². The van der Waals surface area contributed by atoms with E-state index in [1.54, 1.807) is 24.3 Å². The molecule has 174 valence electrons. The molecule has 1 saturated heterocycles. The molecule has 0 saturated carbocycles. The topological polar surface area (TPSA) is 95.7 Å². The zero-order valence-corrected chi connectivity index (χ0v) is 19.5. The van der Waals surface area contributed by atoms with Gasteiger partial charge in [-0.3, -0.25) is 14.2 Å². The number of carbonyl (C=O) groups is 2.